The SMILES string of the molecule is CC1(C)CCc2c1nc1c(c2CC(=O)N=S(N)(=O)c2cc(CO)n(C(C)(C)CO)n2)CCC1. The minimum absolute atomic E-state index is 0.0314. The van der Waals surface area contributed by atoms with Crippen LogP contribution in [0.25, 0.3) is 0 Å². The molecule has 2 aromatic rings. The molecule has 2 aliphatic carbocycles. The zero-order chi connectivity index (χ0) is 24.2. The van der Waals surface area contributed by atoms with Gasteiger partial charge in [0.2, 0.25) is 0 Å². The molecule has 2 heterocycles. The average Bonchev–Trinajstić information content (AvgIpc) is 3.45. The number of nitrogens with two attached hydrogens (primary N) is 1. The van der Waals surface area contributed by atoms with Crippen LogP contribution in [0.15, 0.2) is 15.5 Å². The van der Waals surface area contributed by atoms with E-state index in [4.69, 9.17) is 10.1 Å². The van der Waals surface area contributed by atoms with Gasteiger partial charge in [0.15, 0.2) is 14.9 Å². The van der Waals surface area contributed by atoms with Gasteiger partial charge >= 0.3 is 0 Å². The van der Waals surface area contributed by atoms with E-state index in [1.54, 1.807) is 13.8 Å². The molecule has 4 rings (SSSR count). The van der Waals surface area contributed by atoms with Gasteiger partial charge in [-0.05, 0) is 62.6 Å². The lowest BCUT2D eigenvalue weighted by atomic mass is 9.89. The highest BCUT2D eigenvalue weighted by Gasteiger charge is 2.36. The zero-order valence-electron chi connectivity index (χ0n) is 19.7. The van der Waals surface area contributed by atoms with Crippen molar-refractivity contribution >= 4 is 15.8 Å². The van der Waals surface area contributed by atoms with Crippen molar-refractivity contribution in [1.82, 2.24) is 14.8 Å². The number of carbonyl (C=O) groups is 1. The van der Waals surface area contributed by atoms with Crippen LogP contribution in [-0.2, 0) is 58.0 Å². The Morgan fingerprint density at radius 2 is 2.00 bits per heavy atom. The largest absolute Gasteiger partial charge is 0.394 e. The summed E-state index contributed by atoms with van der Waals surface area (Å²) in [5, 5.41) is 29.5. The molecule has 0 fully saturated rings. The third kappa shape index (κ3) is 4.25. The van der Waals surface area contributed by atoms with Crippen LogP contribution in [0.1, 0.15) is 74.3 Å². The summed E-state index contributed by atoms with van der Waals surface area (Å²) < 4.78 is 18.5. The molecule has 2 aliphatic rings. The van der Waals surface area contributed by atoms with E-state index in [0.717, 1.165) is 60.2 Å². The number of nitrogens with zero attached hydrogens (tertiary/aromatic N) is 4. The lowest BCUT2D eigenvalue weighted by molar-refractivity contribution is -0.117. The molecule has 9 nitrogen and oxygen atoms in total. The number of fused-ring (bicyclic) bond motifs is 2. The number of carbonyl (C=O) groups excluding carboxylic acids is 1. The van der Waals surface area contributed by atoms with Crippen molar-refractivity contribution in [3.8, 4) is 0 Å². The third-order valence-electron chi connectivity index (χ3n) is 6.84. The first-order chi connectivity index (χ1) is 15.4. The minimum atomic E-state index is -3.63. The molecule has 33 heavy (non-hydrogen) atoms. The smallest absolute Gasteiger partial charge is 0.259 e. The van der Waals surface area contributed by atoms with Gasteiger partial charge in [-0.3, -0.25) is 14.5 Å². The maximum Gasteiger partial charge on any atom is 0.259 e. The van der Waals surface area contributed by atoms with E-state index >= 15 is 0 Å². The van der Waals surface area contributed by atoms with Gasteiger partial charge in [-0.25, -0.2) is 9.35 Å². The van der Waals surface area contributed by atoms with Gasteiger partial charge in [0.1, 0.15) is 0 Å². The van der Waals surface area contributed by atoms with Crippen LogP contribution < -0.4 is 5.14 Å². The molecule has 1 amide bonds. The van der Waals surface area contributed by atoms with E-state index in [1.165, 1.54) is 10.7 Å². The summed E-state index contributed by atoms with van der Waals surface area (Å²) >= 11 is 0. The summed E-state index contributed by atoms with van der Waals surface area (Å²) in [5.41, 5.74) is 4.83. The summed E-state index contributed by atoms with van der Waals surface area (Å²) in [6.07, 6.45) is 4.69. The van der Waals surface area contributed by atoms with Gasteiger partial charge in [-0.1, -0.05) is 13.8 Å². The molecular weight excluding hydrogens is 442 g/mol. The third-order valence-corrected chi connectivity index (χ3v) is 8.11. The van der Waals surface area contributed by atoms with Crippen LogP contribution in [0.5, 0.6) is 0 Å². The maximum atomic E-state index is 13.2. The molecule has 0 radical (unpaired) electrons. The Kier molecular flexibility index (Phi) is 6.01. The molecule has 0 spiro atoms. The molecule has 0 saturated heterocycles. The highest BCUT2D eigenvalue weighted by molar-refractivity contribution is 7.91. The van der Waals surface area contributed by atoms with Crippen molar-refractivity contribution in [3.05, 3.63) is 39.8 Å². The Bertz CT molecular complexity index is 1240. The Hall–Kier alpha value is -2.14. The van der Waals surface area contributed by atoms with Crippen LogP contribution in [0, 0.1) is 0 Å². The maximum absolute atomic E-state index is 13.2. The van der Waals surface area contributed by atoms with E-state index in [1.807, 2.05) is 0 Å². The summed E-state index contributed by atoms with van der Waals surface area (Å²) in [5.74, 6) is -0.559. The monoisotopic (exact) mass is 475 g/mol. The number of rotatable bonds is 6. The fourth-order valence-corrected chi connectivity index (χ4v) is 5.89. The summed E-state index contributed by atoms with van der Waals surface area (Å²) in [6.45, 7) is 7.16. The molecule has 0 aliphatic heterocycles. The summed E-state index contributed by atoms with van der Waals surface area (Å²) in [7, 11) is -3.63. The normalized spacial score (nSPS) is 18.6. The Labute approximate surface area is 194 Å². The quantitative estimate of drug-likeness (QED) is 0.580. The average molecular weight is 476 g/mol. The van der Waals surface area contributed by atoms with Crippen molar-refractivity contribution in [2.45, 2.75) is 88.8 Å². The molecular formula is C23H33N5O4S. The fourth-order valence-electron chi connectivity index (χ4n) is 4.93. The van der Waals surface area contributed by atoms with Gasteiger partial charge in [-0.15, -0.1) is 4.36 Å². The van der Waals surface area contributed by atoms with Gasteiger partial charge in [0, 0.05) is 22.9 Å². The highest BCUT2D eigenvalue weighted by atomic mass is 32.2. The lowest BCUT2D eigenvalue weighted by Crippen LogP contribution is -2.33. The fraction of sp³-hybridized carbons (Fsp3) is 0.609. The number of aliphatic hydroxyl groups is 2. The Morgan fingerprint density at radius 3 is 2.67 bits per heavy atom. The summed E-state index contributed by atoms with van der Waals surface area (Å²) in [6, 6.07) is 1.38. The topological polar surface area (TPSA) is 144 Å². The number of aliphatic hydroxyl groups excluding tert-OH is 2. The van der Waals surface area contributed by atoms with Crippen LogP contribution in [0.2, 0.25) is 0 Å². The predicted octanol–water partition coefficient (Wildman–Crippen LogP) is 1.68. The molecule has 2 aromatic heterocycles. The molecule has 4 N–H and O–H groups in total. The number of aryl methyl sites for hydroxylation is 1. The summed E-state index contributed by atoms with van der Waals surface area (Å²) in [4.78, 5) is 18.0. The molecule has 180 valence electrons. The number of amides is 1. The molecule has 0 bridgehead atoms. The number of pyridine rings is 1. The second-order valence-corrected chi connectivity index (χ2v) is 12.1. The zero-order valence-corrected chi connectivity index (χ0v) is 20.5. The van der Waals surface area contributed by atoms with E-state index < -0.39 is 21.4 Å². The van der Waals surface area contributed by atoms with E-state index in [9.17, 15) is 19.2 Å². The van der Waals surface area contributed by atoms with Gasteiger partial charge in [-0.2, -0.15) is 5.10 Å². The van der Waals surface area contributed by atoms with Crippen LogP contribution in [-0.4, -0.2) is 41.7 Å². The Morgan fingerprint density at radius 1 is 1.27 bits per heavy atom. The number of aromatic nitrogens is 3. The van der Waals surface area contributed by atoms with E-state index in [-0.39, 0.29) is 30.1 Å². The first kappa shape index (κ1) is 24.0. The van der Waals surface area contributed by atoms with Crippen molar-refractivity contribution in [2.24, 2.45) is 9.50 Å². The molecule has 0 aromatic carbocycles. The first-order valence-corrected chi connectivity index (χ1v) is 12.9. The second kappa shape index (κ2) is 8.26. The van der Waals surface area contributed by atoms with Crippen LogP contribution in [0.4, 0.5) is 0 Å². The van der Waals surface area contributed by atoms with E-state index in [2.05, 4.69) is 23.3 Å². The highest BCUT2D eigenvalue weighted by Crippen LogP contribution is 2.42. The van der Waals surface area contributed by atoms with Crippen molar-refractivity contribution in [1.29, 1.82) is 0 Å². The lowest BCUT2D eigenvalue weighted by Gasteiger charge is -2.24. The van der Waals surface area contributed by atoms with E-state index in [0.29, 0.717) is 5.69 Å². The Balaban J connectivity index is 1.70. The van der Waals surface area contributed by atoms with Crippen LogP contribution >= 0.6 is 0 Å². The molecule has 0 saturated carbocycles. The predicted molar refractivity (Wildman–Crippen MR) is 124 cm³/mol. The van der Waals surface area contributed by atoms with Crippen molar-refractivity contribution in [3.63, 3.8) is 0 Å². The molecule has 10 heteroatoms. The number of hydrogen-bond donors (Lipinski definition) is 3. The molecule has 1 atom stereocenters. The van der Waals surface area contributed by atoms with Gasteiger partial charge in [0.25, 0.3) is 5.91 Å². The van der Waals surface area contributed by atoms with Crippen molar-refractivity contribution < 1.29 is 19.2 Å². The standard InChI is InChI=1S/C23H33N5O4S/c1-22(2)9-8-16-17(15-6-5-7-18(15)25-21(16)22)11-19(31)27-33(24,32)20-10-14(12-29)28(26-20)23(3,4)13-30/h10,29-30H,5-9,11-13H2,1-4H3,(H2,24,27,31,32). The molecule has 1 unspecified atom stereocenters. The van der Waals surface area contributed by atoms with Gasteiger partial charge < -0.3 is 10.2 Å². The first-order valence-electron chi connectivity index (χ1n) is 11.3. The minimum Gasteiger partial charge on any atom is -0.394 e. The van der Waals surface area contributed by atoms with Crippen molar-refractivity contribution in [2.75, 3.05) is 6.61 Å². The number of hydrogen-bond acceptors (Lipinski definition) is 6. The van der Waals surface area contributed by atoms with Crippen LogP contribution in [0.3, 0.4) is 0 Å². The second-order valence-electron chi connectivity index (χ2n) is 10.3. The van der Waals surface area contributed by atoms with Gasteiger partial charge in [0.05, 0.1) is 30.9 Å².